The number of carbonyl (C=O) groups is 2. The predicted molar refractivity (Wildman–Crippen MR) is 88.1 cm³/mol. The Morgan fingerprint density at radius 3 is 2.50 bits per heavy atom. The number of amides is 2. The number of hydrogen-bond acceptors (Lipinski definition) is 4. The van der Waals surface area contributed by atoms with Crippen LogP contribution in [0.5, 0.6) is 0 Å². The van der Waals surface area contributed by atoms with E-state index in [1.54, 1.807) is 7.05 Å². The summed E-state index contributed by atoms with van der Waals surface area (Å²) >= 11 is 0. The molecule has 0 saturated heterocycles. The van der Waals surface area contributed by atoms with E-state index in [9.17, 15) is 9.59 Å². The van der Waals surface area contributed by atoms with Gasteiger partial charge in [0.2, 0.25) is 11.8 Å². The minimum Gasteiger partial charge on any atom is -0.354 e. The first-order valence-electron chi connectivity index (χ1n) is 8.53. The molecule has 1 saturated carbocycles. The molecule has 6 nitrogen and oxygen atoms in total. The first-order valence-corrected chi connectivity index (χ1v) is 8.53. The van der Waals surface area contributed by atoms with Crippen molar-refractivity contribution in [1.29, 1.82) is 0 Å². The lowest BCUT2D eigenvalue weighted by Crippen LogP contribution is -2.49. The number of nitrogens with two attached hydrogens (primary N) is 2. The zero-order valence-corrected chi connectivity index (χ0v) is 13.9. The summed E-state index contributed by atoms with van der Waals surface area (Å²) in [6.07, 6.45) is 8.84. The van der Waals surface area contributed by atoms with Gasteiger partial charge in [0.25, 0.3) is 0 Å². The van der Waals surface area contributed by atoms with Crippen LogP contribution in [0.4, 0.5) is 0 Å². The molecule has 0 bridgehead atoms. The number of hydrogen-bond donors (Lipinski definition) is 3. The van der Waals surface area contributed by atoms with Crippen molar-refractivity contribution in [3.8, 4) is 0 Å². The van der Waals surface area contributed by atoms with Crippen molar-refractivity contribution in [1.82, 2.24) is 10.2 Å². The molecule has 1 rings (SSSR count). The van der Waals surface area contributed by atoms with Gasteiger partial charge in [-0.3, -0.25) is 9.59 Å². The summed E-state index contributed by atoms with van der Waals surface area (Å²) in [5.74, 6) is 0.429. The molecule has 5 N–H and O–H groups in total. The summed E-state index contributed by atoms with van der Waals surface area (Å²) in [7, 11) is 1.64. The van der Waals surface area contributed by atoms with E-state index in [1.807, 2.05) is 0 Å². The SMILES string of the molecule is CN(C(=O)CN)[C@@H](CCCN)C(=O)NCCC1CCCCC1. The lowest BCUT2D eigenvalue weighted by atomic mass is 9.87. The van der Waals surface area contributed by atoms with E-state index in [4.69, 9.17) is 11.5 Å². The number of nitrogens with zero attached hydrogens (tertiary/aromatic N) is 1. The smallest absolute Gasteiger partial charge is 0.242 e. The fraction of sp³-hybridized carbons (Fsp3) is 0.875. The van der Waals surface area contributed by atoms with Gasteiger partial charge in [-0.05, 0) is 31.7 Å². The first kappa shape index (κ1) is 18.9. The lowest BCUT2D eigenvalue weighted by molar-refractivity contribution is -0.138. The van der Waals surface area contributed by atoms with Gasteiger partial charge in [-0.1, -0.05) is 32.1 Å². The van der Waals surface area contributed by atoms with E-state index < -0.39 is 6.04 Å². The Kier molecular flexibility index (Phi) is 9.08. The molecule has 1 aliphatic carbocycles. The Labute approximate surface area is 134 Å². The fourth-order valence-electron chi connectivity index (χ4n) is 3.12. The van der Waals surface area contributed by atoms with E-state index in [0.29, 0.717) is 25.9 Å². The minimum atomic E-state index is -0.467. The molecule has 1 aliphatic rings. The second-order valence-electron chi connectivity index (χ2n) is 6.24. The number of likely N-dealkylation sites (N-methyl/N-ethyl adjacent to an activating group) is 1. The number of carbonyl (C=O) groups excluding carboxylic acids is 2. The second-order valence-corrected chi connectivity index (χ2v) is 6.24. The van der Waals surface area contributed by atoms with Crippen molar-refractivity contribution in [2.75, 3.05) is 26.7 Å². The average Bonchev–Trinajstić information content (AvgIpc) is 2.55. The maximum Gasteiger partial charge on any atom is 0.242 e. The second kappa shape index (κ2) is 10.6. The van der Waals surface area contributed by atoms with Crippen LogP contribution in [-0.2, 0) is 9.59 Å². The zero-order valence-electron chi connectivity index (χ0n) is 13.9. The monoisotopic (exact) mass is 312 g/mol. The van der Waals surface area contributed by atoms with Crippen molar-refractivity contribution in [2.45, 2.75) is 57.4 Å². The maximum absolute atomic E-state index is 12.4. The molecule has 1 atom stereocenters. The third-order valence-corrected chi connectivity index (χ3v) is 4.60. The molecule has 22 heavy (non-hydrogen) atoms. The van der Waals surface area contributed by atoms with Crippen molar-refractivity contribution >= 4 is 11.8 Å². The molecule has 0 aromatic heterocycles. The Bertz CT molecular complexity index is 343. The van der Waals surface area contributed by atoms with Crippen LogP contribution in [0.3, 0.4) is 0 Å². The van der Waals surface area contributed by atoms with Crippen LogP contribution in [0, 0.1) is 5.92 Å². The fourth-order valence-corrected chi connectivity index (χ4v) is 3.12. The van der Waals surface area contributed by atoms with Crippen LogP contribution in [0.1, 0.15) is 51.4 Å². The standard InChI is InChI=1S/C16H32N4O2/c1-20(15(21)12-18)14(8-5-10-17)16(22)19-11-9-13-6-3-2-4-7-13/h13-14H,2-12,17-18H2,1H3,(H,19,22)/t14-/m0/s1. The Morgan fingerprint density at radius 2 is 1.91 bits per heavy atom. The highest BCUT2D eigenvalue weighted by Crippen LogP contribution is 2.25. The summed E-state index contributed by atoms with van der Waals surface area (Å²) in [6, 6.07) is -0.467. The third kappa shape index (κ3) is 6.32. The molecule has 128 valence electrons. The van der Waals surface area contributed by atoms with E-state index >= 15 is 0 Å². The van der Waals surface area contributed by atoms with Crippen molar-refractivity contribution in [2.24, 2.45) is 17.4 Å². The van der Waals surface area contributed by atoms with Gasteiger partial charge >= 0.3 is 0 Å². The van der Waals surface area contributed by atoms with Crippen LogP contribution in [0.2, 0.25) is 0 Å². The highest BCUT2D eigenvalue weighted by atomic mass is 16.2. The van der Waals surface area contributed by atoms with Gasteiger partial charge in [-0.2, -0.15) is 0 Å². The van der Waals surface area contributed by atoms with Crippen LogP contribution < -0.4 is 16.8 Å². The molecule has 0 aliphatic heterocycles. The molecule has 1 fully saturated rings. The lowest BCUT2D eigenvalue weighted by Gasteiger charge is -2.27. The van der Waals surface area contributed by atoms with Gasteiger partial charge in [0, 0.05) is 13.6 Å². The summed E-state index contributed by atoms with van der Waals surface area (Å²) in [6.45, 7) is 1.12. The van der Waals surface area contributed by atoms with Crippen molar-refractivity contribution < 1.29 is 9.59 Å². The van der Waals surface area contributed by atoms with Crippen molar-refractivity contribution in [3.05, 3.63) is 0 Å². The normalized spacial score (nSPS) is 17.0. The van der Waals surface area contributed by atoms with Crippen molar-refractivity contribution in [3.63, 3.8) is 0 Å². The van der Waals surface area contributed by atoms with Crippen LogP contribution >= 0.6 is 0 Å². The highest BCUT2D eigenvalue weighted by Gasteiger charge is 2.25. The minimum absolute atomic E-state index is 0.0784. The third-order valence-electron chi connectivity index (χ3n) is 4.60. The first-order chi connectivity index (χ1) is 10.6. The quantitative estimate of drug-likeness (QED) is 0.580. The molecule has 0 spiro atoms. The summed E-state index contributed by atoms with van der Waals surface area (Å²) in [5, 5.41) is 2.98. The molecule has 0 aromatic rings. The van der Waals surface area contributed by atoms with Gasteiger partial charge in [0.05, 0.1) is 6.54 Å². The summed E-state index contributed by atoms with van der Waals surface area (Å²) in [4.78, 5) is 25.5. The molecule has 0 aromatic carbocycles. The highest BCUT2D eigenvalue weighted by molar-refractivity contribution is 5.88. The van der Waals surface area contributed by atoms with E-state index in [1.165, 1.54) is 37.0 Å². The van der Waals surface area contributed by atoms with Crippen LogP contribution in [-0.4, -0.2) is 49.4 Å². The average molecular weight is 312 g/mol. The Hall–Kier alpha value is -1.14. The van der Waals surface area contributed by atoms with Crippen LogP contribution in [0.25, 0.3) is 0 Å². The topological polar surface area (TPSA) is 101 Å². The molecular formula is C16H32N4O2. The predicted octanol–water partition coefficient (Wildman–Crippen LogP) is 0.598. The summed E-state index contributed by atoms with van der Waals surface area (Å²) < 4.78 is 0. The summed E-state index contributed by atoms with van der Waals surface area (Å²) in [5.41, 5.74) is 10.9. The Morgan fingerprint density at radius 1 is 1.23 bits per heavy atom. The molecule has 0 radical (unpaired) electrons. The van der Waals surface area contributed by atoms with Gasteiger partial charge < -0.3 is 21.7 Å². The Balaban J connectivity index is 2.42. The molecular weight excluding hydrogens is 280 g/mol. The molecule has 0 unspecified atom stereocenters. The zero-order chi connectivity index (χ0) is 16.4. The van der Waals surface area contributed by atoms with Gasteiger partial charge in [0.15, 0.2) is 0 Å². The van der Waals surface area contributed by atoms with Gasteiger partial charge in [-0.25, -0.2) is 0 Å². The van der Waals surface area contributed by atoms with Crippen LogP contribution in [0.15, 0.2) is 0 Å². The molecule has 6 heteroatoms. The van der Waals surface area contributed by atoms with Gasteiger partial charge in [-0.15, -0.1) is 0 Å². The number of rotatable bonds is 9. The maximum atomic E-state index is 12.4. The van der Waals surface area contributed by atoms with E-state index in [0.717, 1.165) is 12.3 Å². The van der Waals surface area contributed by atoms with E-state index in [2.05, 4.69) is 5.32 Å². The van der Waals surface area contributed by atoms with Gasteiger partial charge in [0.1, 0.15) is 6.04 Å². The largest absolute Gasteiger partial charge is 0.354 e. The molecule has 2 amide bonds. The van der Waals surface area contributed by atoms with E-state index in [-0.39, 0.29) is 18.4 Å². The molecule has 0 heterocycles. The number of nitrogens with one attached hydrogen (secondary N) is 1.